The number of amides is 1. The van der Waals surface area contributed by atoms with Gasteiger partial charge in [-0.25, -0.2) is 9.97 Å². The summed E-state index contributed by atoms with van der Waals surface area (Å²) in [5.74, 6) is 1.63. The summed E-state index contributed by atoms with van der Waals surface area (Å²) in [6.45, 7) is 1.60. The minimum absolute atomic E-state index is 0.0433. The lowest BCUT2D eigenvalue weighted by atomic mass is 9.92. The molecule has 2 heterocycles. The Morgan fingerprint density at radius 3 is 2.53 bits per heavy atom. The molecule has 7 heteroatoms. The second kappa shape index (κ2) is 10.5. The Kier molecular flexibility index (Phi) is 7.00. The molecule has 1 N–H and O–H groups in total. The van der Waals surface area contributed by atoms with Crippen molar-refractivity contribution < 1.29 is 9.53 Å². The molecule has 5 rings (SSSR count). The van der Waals surface area contributed by atoms with E-state index in [0.29, 0.717) is 18.2 Å². The standard InChI is InChI=1S/C29H33N5O2/c1-33(2)18-6-17-30-29(35)21-13-16-25-27(19-21)34(22-7-4-8-22)28(32-25)26-10-5-9-24(31-26)20-11-14-23(36-3)15-12-20/h5,9-16,19,22H,4,6-8,17-18H2,1-3H3,(H,30,35). The van der Waals surface area contributed by atoms with Crippen molar-refractivity contribution in [3.05, 3.63) is 66.2 Å². The van der Waals surface area contributed by atoms with E-state index in [2.05, 4.69) is 14.8 Å². The van der Waals surface area contributed by atoms with Gasteiger partial charge < -0.3 is 19.5 Å². The zero-order chi connectivity index (χ0) is 25.1. The fourth-order valence-corrected chi connectivity index (χ4v) is 4.61. The Morgan fingerprint density at radius 1 is 1.06 bits per heavy atom. The molecule has 0 radical (unpaired) electrons. The summed E-state index contributed by atoms with van der Waals surface area (Å²) in [6, 6.07) is 20.2. The second-order valence-corrected chi connectivity index (χ2v) is 9.64. The molecule has 1 fully saturated rings. The smallest absolute Gasteiger partial charge is 0.251 e. The predicted molar refractivity (Wildman–Crippen MR) is 143 cm³/mol. The van der Waals surface area contributed by atoms with Crippen molar-refractivity contribution in [1.82, 2.24) is 24.8 Å². The minimum Gasteiger partial charge on any atom is -0.497 e. The second-order valence-electron chi connectivity index (χ2n) is 9.64. The molecule has 0 aliphatic heterocycles. The molecule has 0 spiro atoms. The van der Waals surface area contributed by atoms with Gasteiger partial charge in [0.15, 0.2) is 5.82 Å². The lowest BCUT2D eigenvalue weighted by Gasteiger charge is -2.29. The number of pyridine rings is 1. The van der Waals surface area contributed by atoms with E-state index in [1.165, 1.54) is 6.42 Å². The Bertz CT molecular complexity index is 1360. The van der Waals surface area contributed by atoms with Crippen molar-refractivity contribution in [3.63, 3.8) is 0 Å². The third-order valence-electron chi connectivity index (χ3n) is 6.82. The highest BCUT2D eigenvalue weighted by Crippen LogP contribution is 2.38. The van der Waals surface area contributed by atoms with Gasteiger partial charge >= 0.3 is 0 Å². The number of imidazole rings is 1. The Morgan fingerprint density at radius 2 is 1.83 bits per heavy atom. The highest BCUT2D eigenvalue weighted by atomic mass is 16.5. The van der Waals surface area contributed by atoms with Crippen LogP contribution in [0.5, 0.6) is 5.75 Å². The quantitative estimate of drug-likeness (QED) is 0.332. The molecule has 0 bridgehead atoms. The van der Waals surface area contributed by atoms with Gasteiger partial charge in [-0.1, -0.05) is 6.07 Å². The number of benzene rings is 2. The average molecular weight is 484 g/mol. The summed E-state index contributed by atoms with van der Waals surface area (Å²) in [5.41, 5.74) is 5.29. The Hall–Kier alpha value is -3.71. The third kappa shape index (κ3) is 4.97. The van der Waals surface area contributed by atoms with E-state index in [0.717, 1.165) is 65.4 Å². The van der Waals surface area contributed by atoms with Gasteiger partial charge in [-0.05, 0) is 101 Å². The molecule has 1 aliphatic rings. The molecule has 0 saturated heterocycles. The molecule has 1 aliphatic carbocycles. The number of nitrogens with one attached hydrogen (secondary N) is 1. The van der Waals surface area contributed by atoms with E-state index in [-0.39, 0.29) is 5.91 Å². The van der Waals surface area contributed by atoms with E-state index in [1.54, 1.807) is 7.11 Å². The number of hydrogen-bond acceptors (Lipinski definition) is 5. The first-order valence-electron chi connectivity index (χ1n) is 12.6. The molecule has 0 atom stereocenters. The van der Waals surface area contributed by atoms with E-state index >= 15 is 0 Å². The van der Waals surface area contributed by atoms with E-state index < -0.39 is 0 Å². The first kappa shape index (κ1) is 24.0. The van der Waals surface area contributed by atoms with E-state index in [1.807, 2.05) is 74.8 Å². The van der Waals surface area contributed by atoms with Crippen molar-refractivity contribution >= 4 is 16.9 Å². The molecular formula is C29H33N5O2. The van der Waals surface area contributed by atoms with E-state index in [9.17, 15) is 4.79 Å². The normalized spacial score (nSPS) is 13.7. The topological polar surface area (TPSA) is 72.3 Å². The van der Waals surface area contributed by atoms with Gasteiger partial charge in [0, 0.05) is 23.7 Å². The monoisotopic (exact) mass is 483 g/mol. The fraction of sp³-hybridized carbons (Fsp3) is 0.345. The summed E-state index contributed by atoms with van der Waals surface area (Å²) >= 11 is 0. The molecule has 186 valence electrons. The number of ether oxygens (including phenoxy) is 1. The number of rotatable bonds is 9. The molecule has 1 saturated carbocycles. The van der Waals surface area contributed by atoms with Crippen LogP contribution in [0.1, 0.15) is 42.1 Å². The molecule has 4 aromatic rings. The van der Waals surface area contributed by atoms with Crippen molar-refractivity contribution in [2.75, 3.05) is 34.3 Å². The van der Waals surface area contributed by atoms with Gasteiger partial charge in [0.25, 0.3) is 5.91 Å². The van der Waals surface area contributed by atoms with Crippen molar-refractivity contribution in [2.45, 2.75) is 31.7 Å². The molecule has 1 amide bonds. The van der Waals surface area contributed by atoms with Crippen molar-refractivity contribution in [2.24, 2.45) is 0 Å². The third-order valence-corrected chi connectivity index (χ3v) is 6.82. The molecular weight excluding hydrogens is 450 g/mol. The summed E-state index contributed by atoms with van der Waals surface area (Å²) in [6.07, 6.45) is 4.34. The number of aromatic nitrogens is 3. The van der Waals surface area contributed by atoms with Crippen LogP contribution in [0.2, 0.25) is 0 Å². The summed E-state index contributed by atoms with van der Waals surface area (Å²) in [7, 11) is 5.74. The van der Waals surface area contributed by atoms with Crippen LogP contribution in [-0.2, 0) is 0 Å². The van der Waals surface area contributed by atoms with E-state index in [4.69, 9.17) is 14.7 Å². The first-order chi connectivity index (χ1) is 17.5. The van der Waals surface area contributed by atoms with Gasteiger partial charge in [-0.2, -0.15) is 0 Å². The fourth-order valence-electron chi connectivity index (χ4n) is 4.61. The highest BCUT2D eigenvalue weighted by Gasteiger charge is 2.26. The largest absolute Gasteiger partial charge is 0.497 e. The summed E-state index contributed by atoms with van der Waals surface area (Å²) in [4.78, 5) is 24.9. The van der Waals surface area contributed by atoms with Crippen LogP contribution in [0.3, 0.4) is 0 Å². The number of carbonyl (C=O) groups is 1. The molecule has 0 unspecified atom stereocenters. The van der Waals surface area contributed by atoms with Crippen LogP contribution in [0, 0.1) is 0 Å². The lowest BCUT2D eigenvalue weighted by Crippen LogP contribution is -2.27. The average Bonchev–Trinajstić information content (AvgIpc) is 3.24. The van der Waals surface area contributed by atoms with Gasteiger partial charge in [0.05, 0.1) is 23.8 Å². The number of carbonyl (C=O) groups excluding carboxylic acids is 1. The predicted octanol–water partition coefficient (Wildman–Crippen LogP) is 5.18. The van der Waals surface area contributed by atoms with Crippen LogP contribution in [0.15, 0.2) is 60.7 Å². The molecule has 2 aromatic carbocycles. The van der Waals surface area contributed by atoms with Crippen LogP contribution >= 0.6 is 0 Å². The minimum atomic E-state index is -0.0433. The summed E-state index contributed by atoms with van der Waals surface area (Å²) < 4.78 is 7.59. The zero-order valence-electron chi connectivity index (χ0n) is 21.2. The van der Waals surface area contributed by atoms with Crippen LogP contribution in [-0.4, -0.2) is 59.6 Å². The van der Waals surface area contributed by atoms with Gasteiger partial charge in [-0.15, -0.1) is 0 Å². The number of methoxy groups -OCH3 is 1. The van der Waals surface area contributed by atoms with Gasteiger partial charge in [0.2, 0.25) is 0 Å². The zero-order valence-corrected chi connectivity index (χ0v) is 21.2. The first-order valence-corrected chi connectivity index (χ1v) is 12.6. The number of hydrogen-bond donors (Lipinski definition) is 1. The maximum absolute atomic E-state index is 12.8. The van der Waals surface area contributed by atoms with Crippen LogP contribution in [0.4, 0.5) is 0 Å². The van der Waals surface area contributed by atoms with Gasteiger partial charge in [-0.3, -0.25) is 4.79 Å². The van der Waals surface area contributed by atoms with Crippen molar-refractivity contribution in [1.29, 1.82) is 0 Å². The number of fused-ring (bicyclic) bond motifs is 1. The molecule has 36 heavy (non-hydrogen) atoms. The maximum atomic E-state index is 12.8. The van der Waals surface area contributed by atoms with Gasteiger partial charge in [0.1, 0.15) is 11.4 Å². The van der Waals surface area contributed by atoms with Crippen LogP contribution < -0.4 is 10.1 Å². The lowest BCUT2D eigenvalue weighted by molar-refractivity contribution is 0.0952. The van der Waals surface area contributed by atoms with Crippen molar-refractivity contribution in [3.8, 4) is 28.5 Å². The SMILES string of the molecule is COc1ccc(-c2cccc(-c3nc4ccc(C(=O)NCCCN(C)C)cc4n3C3CCC3)n2)cc1. The Balaban J connectivity index is 1.48. The Labute approximate surface area is 212 Å². The molecule has 2 aromatic heterocycles. The summed E-state index contributed by atoms with van der Waals surface area (Å²) in [5, 5.41) is 3.05. The number of nitrogens with zero attached hydrogens (tertiary/aromatic N) is 4. The van der Waals surface area contributed by atoms with Crippen LogP contribution in [0.25, 0.3) is 33.8 Å². The maximum Gasteiger partial charge on any atom is 0.251 e. The molecule has 7 nitrogen and oxygen atoms in total. The highest BCUT2D eigenvalue weighted by molar-refractivity contribution is 5.98.